The standard InChI is InChI=1S/C14H22N2O3S2/c1-5-8-6-9(8)16-14-13(21(4,18)19)10(15)12(20-14)11(17)7(2)3/h7-9,16H,5-6,15H2,1-4H3. The number of carbonyl (C=O) groups is 1. The Bertz CT molecular complexity index is 662. The van der Waals surface area contributed by atoms with Gasteiger partial charge in [0.05, 0.1) is 10.6 Å². The Balaban J connectivity index is 2.43. The lowest BCUT2D eigenvalue weighted by molar-refractivity contribution is 0.0944. The smallest absolute Gasteiger partial charge is 0.180 e. The van der Waals surface area contributed by atoms with Crippen LogP contribution in [0.4, 0.5) is 10.7 Å². The molecule has 118 valence electrons. The van der Waals surface area contributed by atoms with Crippen LogP contribution in [-0.4, -0.2) is 26.5 Å². The second kappa shape index (κ2) is 5.61. The molecule has 0 aliphatic heterocycles. The number of anilines is 2. The van der Waals surface area contributed by atoms with Crippen LogP contribution in [0.25, 0.3) is 0 Å². The van der Waals surface area contributed by atoms with E-state index in [4.69, 9.17) is 5.73 Å². The first-order valence-electron chi connectivity index (χ1n) is 7.09. The molecule has 1 aliphatic carbocycles. The van der Waals surface area contributed by atoms with E-state index in [1.807, 2.05) is 0 Å². The van der Waals surface area contributed by atoms with Crippen LogP contribution in [0.15, 0.2) is 4.90 Å². The number of hydrogen-bond acceptors (Lipinski definition) is 6. The number of nitrogens with two attached hydrogens (primary N) is 1. The Morgan fingerprint density at radius 1 is 1.48 bits per heavy atom. The number of hydrogen-bond donors (Lipinski definition) is 2. The van der Waals surface area contributed by atoms with Gasteiger partial charge in [0.15, 0.2) is 15.6 Å². The minimum Gasteiger partial charge on any atom is -0.396 e. The molecule has 2 unspecified atom stereocenters. The summed E-state index contributed by atoms with van der Waals surface area (Å²) >= 11 is 1.17. The van der Waals surface area contributed by atoms with Crippen molar-refractivity contribution in [1.29, 1.82) is 0 Å². The molecule has 1 aromatic rings. The number of Topliss-reactive ketones (excluding diaryl/α,β-unsaturated/α-hetero) is 1. The van der Waals surface area contributed by atoms with Crippen LogP contribution in [0.1, 0.15) is 43.3 Å². The molecule has 1 aliphatic rings. The van der Waals surface area contributed by atoms with Crippen LogP contribution < -0.4 is 11.1 Å². The third-order valence-electron chi connectivity index (χ3n) is 3.78. The van der Waals surface area contributed by atoms with Crippen molar-refractivity contribution in [2.75, 3.05) is 17.3 Å². The van der Waals surface area contributed by atoms with Gasteiger partial charge in [-0.25, -0.2) is 8.42 Å². The highest BCUT2D eigenvalue weighted by Gasteiger charge is 2.38. The van der Waals surface area contributed by atoms with Crippen molar-refractivity contribution in [1.82, 2.24) is 0 Å². The fourth-order valence-corrected chi connectivity index (χ4v) is 5.09. The summed E-state index contributed by atoms with van der Waals surface area (Å²) in [6.07, 6.45) is 3.22. The van der Waals surface area contributed by atoms with Crippen molar-refractivity contribution in [3.63, 3.8) is 0 Å². The molecule has 2 rings (SSSR count). The summed E-state index contributed by atoms with van der Waals surface area (Å²) in [5.41, 5.74) is 6.06. The number of nitrogens with one attached hydrogen (secondary N) is 1. The normalized spacial score (nSPS) is 21.6. The van der Waals surface area contributed by atoms with Gasteiger partial charge in [0, 0.05) is 18.2 Å². The zero-order valence-electron chi connectivity index (χ0n) is 12.8. The fraction of sp³-hybridized carbons (Fsp3) is 0.643. The first kappa shape index (κ1) is 16.3. The predicted molar refractivity (Wildman–Crippen MR) is 86.8 cm³/mol. The van der Waals surface area contributed by atoms with Crippen LogP contribution in [0.3, 0.4) is 0 Å². The van der Waals surface area contributed by atoms with Crippen LogP contribution in [0.2, 0.25) is 0 Å². The summed E-state index contributed by atoms with van der Waals surface area (Å²) < 4.78 is 24.0. The molecule has 0 spiro atoms. The van der Waals surface area contributed by atoms with Crippen molar-refractivity contribution in [3.05, 3.63) is 4.88 Å². The van der Waals surface area contributed by atoms with Gasteiger partial charge in [0.2, 0.25) is 0 Å². The number of thiophene rings is 1. The van der Waals surface area contributed by atoms with E-state index >= 15 is 0 Å². The highest BCUT2D eigenvalue weighted by atomic mass is 32.2. The summed E-state index contributed by atoms with van der Waals surface area (Å²) in [5.74, 6) is 0.249. The van der Waals surface area contributed by atoms with E-state index in [-0.39, 0.29) is 28.3 Å². The second-order valence-corrected chi connectivity index (χ2v) is 8.92. The first-order chi connectivity index (χ1) is 9.66. The zero-order chi connectivity index (χ0) is 15.9. The Labute approximate surface area is 129 Å². The molecule has 1 saturated carbocycles. The lowest BCUT2D eigenvalue weighted by atomic mass is 10.1. The number of carbonyl (C=O) groups excluding carboxylic acids is 1. The maximum Gasteiger partial charge on any atom is 0.180 e. The predicted octanol–water partition coefficient (Wildman–Crippen LogP) is 2.78. The van der Waals surface area contributed by atoms with Crippen molar-refractivity contribution < 1.29 is 13.2 Å². The Morgan fingerprint density at radius 3 is 2.52 bits per heavy atom. The maximum atomic E-state index is 12.2. The lowest BCUT2D eigenvalue weighted by Gasteiger charge is -2.06. The average Bonchev–Trinajstić information content (AvgIpc) is 3.02. The third-order valence-corrected chi connectivity index (χ3v) is 6.23. The molecule has 1 fully saturated rings. The molecule has 21 heavy (non-hydrogen) atoms. The third kappa shape index (κ3) is 3.23. The van der Waals surface area contributed by atoms with Gasteiger partial charge >= 0.3 is 0 Å². The summed E-state index contributed by atoms with van der Waals surface area (Å²) in [4.78, 5) is 12.6. The van der Waals surface area contributed by atoms with E-state index in [0.717, 1.165) is 19.1 Å². The topological polar surface area (TPSA) is 89.3 Å². The molecule has 0 aromatic carbocycles. The molecule has 5 nitrogen and oxygen atoms in total. The Kier molecular flexibility index (Phi) is 4.35. The van der Waals surface area contributed by atoms with Gasteiger partial charge in [-0.05, 0) is 12.3 Å². The second-order valence-electron chi connectivity index (χ2n) is 5.95. The van der Waals surface area contributed by atoms with Gasteiger partial charge < -0.3 is 11.1 Å². The highest BCUT2D eigenvalue weighted by molar-refractivity contribution is 7.91. The van der Waals surface area contributed by atoms with Gasteiger partial charge in [0.25, 0.3) is 0 Å². The highest BCUT2D eigenvalue weighted by Crippen LogP contribution is 2.44. The van der Waals surface area contributed by atoms with E-state index < -0.39 is 9.84 Å². The largest absolute Gasteiger partial charge is 0.396 e. The molecular formula is C14H22N2O3S2. The average molecular weight is 330 g/mol. The Hall–Kier alpha value is -1.08. The van der Waals surface area contributed by atoms with E-state index in [0.29, 0.717) is 15.8 Å². The van der Waals surface area contributed by atoms with Crippen LogP contribution >= 0.6 is 11.3 Å². The first-order valence-corrected chi connectivity index (χ1v) is 9.80. The SMILES string of the molecule is CCC1CC1Nc1sc(C(=O)C(C)C)c(N)c1S(C)(=O)=O. The fourth-order valence-electron chi connectivity index (χ4n) is 2.38. The molecule has 0 amide bonds. The Morgan fingerprint density at radius 2 is 2.10 bits per heavy atom. The maximum absolute atomic E-state index is 12.2. The van der Waals surface area contributed by atoms with Crippen molar-refractivity contribution in [2.24, 2.45) is 11.8 Å². The molecular weight excluding hydrogens is 308 g/mol. The number of rotatable bonds is 6. The lowest BCUT2D eigenvalue weighted by Crippen LogP contribution is -2.10. The summed E-state index contributed by atoms with van der Waals surface area (Å²) in [6.45, 7) is 5.67. The molecule has 1 heterocycles. The summed E-state index contributed by atoms with van der Waals surface area (Å²) in [7, 11) is -3.47. The van der Waals surface area contributed by atoms with Crippen LogP contribution in [-0.2, 0) is 9.84 Å². The molecule has 7 heteroatoms. The minimum atomic E-state index is -3.47. The molecule has 1 aromatic heterocycles. The molecule has 0 saturated heterocycles. The molecule has 0 radical (unpaired) electrons. The van der Waals surface area contributed by atoms with Crippen LogP contribution in [0.5, 0.6) is 0 Å². The van der Waals surface area contributed by atoms with Crippen molar-refractivity contribution in [2.45, 2.75) is 44.6 Å². The van der Waals surface area contributed by atoms with Gasteiger partial charge in [-0.3, -0.25) is 4.79 Å². The molecule has 2 atom stereocenters. The van der Waals surface area contributed by atoms with Crippen molar-refractivity contribution >= 4 is 37.6 Å². The zero-order valence-corrected chi connectivity index (χ0v) is 14.4. The van der Waals surface area contributed by atoms with Crippen molar-refractivity contribution in [3.8, 4) is 0 Å². The molecule has 0 bridgehead atoms. The van der Waals surface area contributed by atoms with Gasteiger partial charge in [-0.1, -0.05) is 27.2 Å². The summed E-state index contributed by atoms with van der Waals surface area (Å²) in [6, 6.07) is 0.288. The monoisotopic (exact) mass is 330 g/mol. The van der Waals surface area contributed by atoms with Crippen LogP contribution in [0, 0.1) is 11.8 Å². The van der Waals surface area contributed by atoms with E-state index in [1.54, 1.807) is 13.8 Å². The van der Waals surface area contributed by atoms with Gasteiger partial charge in [-0.15, -0.1) is 11.3 Å². The number of ketones is 1. The summed E-state index contributed by atoms with van der Waals surface area (Å²) in [5, 5.41) is 3.77. The van der Waals surface area contributed by atoms with Gasteiger partial charge in [0.1, 0.15) is 9.90 Å². The van der Waals surface area contributed by atoms with E-state index in [1.165, 1.54) is 11.3 Å². The van der Waals surface area contributed by atoms with Gasteiger partial charge in [-0.2, -0.15) is 0 Å². The quantitative estimate of drug-likeness (QED) is 0.783. The number of nitrogen functional groups attached to an aromatic ring is 1. The van der Waals surface area contributed by atoms with E-state index in [2.05, 4.69) is 12.2 Å². The van der Waals surface area contributed by atoms with E-state index in [9.17, 15) is 13.2 Å². The molecule has 3 N–H and O–H groups in total. The number of sulfone groups is 1. The minimum absolute atomic E-state index is 0.0817.